The molecule has 1 fully saturated rings. The molecule has 1 aliphatic carbocycles. The maximum absolute atomic E-state index is 12.9. The number of carbonyl (C=O) groups is 1. The Morgan fingerprint density at radius 2 is 1.97 bits per heavy atom. The molecular formula is C21H26N2O5S. The molecular weight excluding hydrogens is 392 g/mol. The summed E-state index contributed by atoms with van der Waals surface area (Å²) >= 11 is 0. The minimum atomic E-state index is -3.92. The van der Waals surface area contributed by atoms with Crippen molar-refractivity contribution in [2.24, 2.45) is 5.92 Å². The molecule has 1 amide bonds. The number of rotatable bonds is 7. The molecule has 29 heavy (non-hydrogen) atoms. The van der Waals surface area contributed by atoms with E-state index in [1.165, 1.54) is 13.2 Å². The molecule has 0 spiro atoms. The Bertz CT molecular complexity index is 990. The summed E-state index contributed by atoms with van der Waals surface area (Å²) in [6, 6.07) is 11.3. The molecule has 0 bridgehead atoms. The Balaban J connectivity index is 1.79. The van der Waals surface area contributed by atoms with E-state index in [1.807, 2.05) is 0 Å². The first kappa shape index (κ1) is 21.1. The number of aliphatic hydroxyl groups excluding tert-OH is 1. The first-order chi connectivity index (χ1) is 13.8. The second-order valence-corrected chi connectivity index (χ2v) is 8.91. The molecule has 1 aliphatic rings. The van der Waals surface area contributed by atoms with Crippen LogP contribution in [0, 0.1) is 12.8 Å². The average Bonchev–Trinajstić information content (AvgIpc) is 3.11. The number of ether oxygens (including phenoxy) is 1. The van der Waals surface area contributed by atoms with Crippen molar-refractivity contribution in [2.75, 3.05) is 18.4 Å². The molecule has 0 aliphatic heterocycles. The average molecular weight is 419 g/mol. The van der Waals surface area contributed by atoms with Crippen LogP contribution in [-0.2, 0) is 10.0 Å². The fourth-order valence-electron chi connectivity index (χ4n) is 3.54. The third kappa shape index (κ3) is 4.89. The molecule has 8 heteroatoms. The van der Waals surface area contributed by atoms with E-state index in [9.17, 15) is 18.3 Å². The zero-order chi connectivity index (χ0) is 21.0. The third-order valence-electron chi connectivity index (χ3n) is 5.23. The molecule has 0 heterocycles. The van der Waals surface area contributed by atoms with Gasteiger partial charge in [0.1, 0.15) is 5.75 Å². The lowest BCUT2D eigenvalue weighted by molar-refractivity contribution is 0.0916. The lowest BCUT2D eigenvalue weighted by atomic mass is 10.1. The highest BCUT2D eigenvalue weighted by molar-refractivity contribution is 7.92. The van der Waals surface area contributed by atoms with Gasteiger partial charge in [-0.15, -0.1) is 0 Å². The molecule has 3 rings (SSSR count). The van der Waals surface area contributed by atoms with Gasteiger partial charge in [0.2, 0.25) is 0 Å². The summed E-state index contributed by atoms with van der Waals surface area (Å²) in [7, 11) is -2.46. The molecule has 0 aromatic heterocycles. The smallest absolute Gasteiger partial charge is 0.262 e. The van der Waals surface area contributed by atoms with Crippen LogP contribution in [0.5, 0.6) is 5.75 Å². The Kier molecular flexibility index (Phi) is 6.44. The lowest BCUT2D eigenvalue weighted by Gasteiger charge is -2.16. The minimum absolute atomic E-state index is 0.0250. The number of anilines is 1. The number of amides is 1. The number of sulfonamides is 1. The van der Waals surface area contributed by atoms with E-state index in [-0.39, 0.29) is 22.3 Å². The van der Waals surface area contributed by atoms with Gasteiger partial charge in [-0.2, -0.15) is 0 Å². The van der Waals surface area contributed by atoms with Crippen molar-refractivity contribution < 1.29 is 23.1 Å². The van der Waals surface area contributed by atoms with Crippen molar-refractivity contribution in [1.29, 1.82) is 0 Å². The first-order valence-corrected chi connectivity index (χ1v) is 11.0. The summed E-state index contributed by atoms with van der Waals surface area (Å²) in [4.78, 5) is 12.6. The predicted octanol–water partition coefficient (Wildman–Crippen LogP) is 2.70. The fraction of sp³-hybridized carbons (Fsp3) is 0.381. The van der Waals surface area contributed by atoms with Crippen molar-refractivity contribution in [2.45, 2.75) is 37.2 Å². The Hall–Kier alpha value is -2.58. The van der Waals surface area contributed by atoms with Gasteiger partial charge in [0, 0.05) is 18.0 Å². The van der Waals surface area contributed by atoms with Crippen LogP contribution in [0.2, 0.25) is 0 Å². The van der Waals surface area contributed by atoms with E-state index in [4.69, 9.17) is 4.74 Å². The van der Waals surface area contributed by atoms with Crippen LogP contribution in [0.15, 0.2) is 47.4 Å². The summed E-state index contributed by atoms with van der Waals surface area (Å²) < 4.78 is 33.6. The number of benzene rings is 2. The van der Waals surface area contributed by atoms with E-state index in [2.05, 4.69) is 10.0 Å². The van der Waals surface area contributed by atoms with Gasteiger partial charge in [0.05, 0.1) is 23.8 Å². The highest BCUT2D eigenvalue weighted by Gasteiger charge is 2.26. The number of nitrogens with one attached hydrogen (secondary N) is 2. The maximum atomic E-state index is 12.9. The molecule has 0 radical (unpaired) electrons. The largest absolute Gasteiger partial charge is 0.495 e. The molecule has 1 saturated carbocycles. The van der Waals surface area contributed by atoms with Crippen LogP contribution in [0.25, 0.3) is 0 Å². The van der Waals surface area contributed by atoms with Crippen LogP contribution in [-0.4, -0.2) is 39.2 Å². The van der Waals surface area contributed by atoms with E-state index >= 15 is 0 Å². The number of carbonyl (C=O) groups excluding carboxylic acids is 1. The molecule has 0 saturated heterocycles. The minimum Gasteiger partial charge on any atom is -0.495 e. The number of aryl methyl sites for hydroxylation is 1. The van der Waals surface area contributed by atoms with Crippen LogP contribution < -0.4 is 14.8 Å². The zero-order valence-electron chi connectivity index (χ0n) is 16.5. The fourth-order valence-corrected chi connectivity index (χ4v) is 4.88. The molecule has 3 N–H and O–H groups in total. The quantitative estimate of drug-likeness (QED) is 0.641. The third-order valence-corrected chi connectivity index (χ3v) is 6.74. The van der Waals surface area contributed by atoms with Gasteiger partial charge in [0.25, 0.3) is 15.9 Å². The van der Waals surface area contributed by atoms with E-state index in [1.54, 1.807) is 43.3 Å². The summed E-state index contributed by atoms with van der Waals surface area (Å²) in [6.07, 6.45) is 2.18. The zero-order valence-corrected chi connectivity index (χ0v) is 17.3. The maximum Gasteiger partial charge on any atom is 0.262 e. The molecule has 2 aromatic carbocycles. The Morgan fingerprint density at radius 1 is 1.21 bits per heavy atom. The van der Waals surface area contributed by atoms with Gasteiger partial charge in [-0.25, -0.2) is 8.42 Å². The number of hydrogen-bond acceptors (Lipinski definition) is 5. The number of hydrogen-bond donors (Lipinski definition) is 3. The summed E-state index contributed by atoms with van der Waals surface area (Å²) in [5, 5.41) is 12.7. The van der Waals surface area contributed by atoms with E-state index < -0.39 is 16.1 Å². The molecule has 0 unspecified atom stereocenters. The van der Waals surface area contributed by atoms with Gasteiger partial charge in [0.15, 0.2) is 0 Å². The molecule has 7 nitrogen and oxygen atoms in total. The first-order valence-electron chi connectivity index (χ1n) is 9.54. The van der Waals surface area contributed by atoms with E-state index in [0.29, 0.717) is 23.5 Å². The second-order valence-electron chi connectivity index (χ2n) is 7.25. The van der Waals surface area contributed by atoms with Crippen molar-refractivity contribution in [3.63, 3.8) is 0 Å². The number of para-hydroxylation sites is 2. The van der Waals surface area contributed by atoms with Crippen molar-refractivity contribution >= 4 is 21.6 Å². The molecule has 2 atom stereocenters. The van der Waals surface area contributed by atoms with Crippen molar-refractivity contribution in [3.8, 4) is 5.75 Å². The van der Waals surface area contributed by atoms with E-state index in [0.717, 1.165) is 19.3 Å². The number of aliphatic hydroxyl groups is 1. The lowest BCUT2D eigenvalue weighted by Crippen LogP contribution is -2.32. The monoisotopic (exact) mass is 418 g/mol. The second kappa shape index (κ2) is 8.84. The van der Waals surface area contributed by atoms with Crippen LogP contribution in [0.4, 0.5) is 5.69 Å². The van der Waals surface area contributed by atoms with Crippen molar-refractivity contribution in [1.82, 2.24) is 5.32 Å². The number of methoxy groups -OCH3 is 1. The van der Waals surface area contributed by atoms with Gasteiger partial charge in [-0.1, -0.05) is 24.6 Å². The highest BCUT2D eigenvalue weighted by Crippen LogP contribution is 2.28. The Morgan fingerprint density at radius 3 is 2.66 bits per heavy atom. The van der Waals surface area contributed by atoms with Crippen molar-refractivity contribution in [3.05, 3.63) is 53.6 Å². The van der Waals surface area contributed by atoms with Gasteiger partial charge in [-0.05, 0) is 49.6 Å². The van der Waals surface area contributed by atoms with Crippen LogP contribution >= 0.6 is 0 Å². The van der Waals surface area contributed by atoms with Gasteiger partial charge >= 0.3 is 0 Å². The summed E-state index contributed by atoms with van der Waals surface area (Å²) in [5.74, 6) is 0.0791. The van der Waals surface area contributed by atoms with Crippen LogP contribution in [0.3, 0.4) is 0 Å². The van der Waals surface area contributed by atoms with Gasteiger partial charge in [-0.3, -0.25) is 9.52 Å². The highest BCUT2D eigenvalue weighted by atomic mass is 32.2. The topological polar surface area (TPSA) is 105 Å². The summed E-state index contributed by atoms with van der Waals surface area (Å²) in [6.45, 7) is 2.04. The predicted molar refractivity (Wildman–Crippen MR) is 111 cm³/mol. The Labute approximate surface area is 171 Å². The standard InChI is InChI=1S/C21H26N2O5S/c1-14-10-11-15(21(25)22-13-16-6-5-8-18(16)24)12-20(14)29(26,27)23-17-7-3-4-9-19(17)28-2/h3-4,7,9-12,16,18,23-24H,5-6,8,13H2,1-2H3,(H,22,25)/t16-,18-/m1/s1. The SMILES string of the molecule is COc1ccccc1NS(=O)(=O)c1cc(C(=O)NC[C@H]2CCC[C@H]2O)ccc1C. The van der Waals surface area contributed by atoms with Gasteiger partial charge < -0.3 is 15.2 Å². The van der Waals surface area contributed by atoms with Crippen LogP contribution in [0.1, 0.15) is 35.2 Å². The normalized spacial score (nSPS) is 19.0. The molecule has 2 aromatic rings. The molecule has 156 valence electrons. The summed E-state index contributed by atoms with van der Waals surface area (Å²) in [5.41, 5.74) is 1.10.